The summed E-state index contributed by atoms with van der Waals surface area (Å²) in [5, 5.41) is 18.2. The number of nitrogens with zero attached hydrogens (tertiary/aromatic N) is 3. The van der Waals surface area contributed by atoms with Crippen LogP contribution in [0.4, 0.5) is 20.8 Å². The molecule has 284 valence electrons. The van der Waals surface area contributed by atoms with Crippen LogP contribution in [0.2, 0.25) is 0 Å². The summed E-state index contributed by atoms with van der Waals surface area (Å²) in [5.74, 6) is 0.722. The summed E-state index contributed by atoms with van der Waals surface area (Å²) in [5.41, 5.74) is 1.99. The van der Waals surface area contributed by atoms with Gasteiger partial charge in [0.2, 0.25) is 5.95 Å². The number of Topliss-reactive ketones (excluding diaryl/α,β-unsaturated/α-hetero) is 2. The maximum absolute atomic E-state index is 15.8. The van der Waals surface area contributed by atoms with Gasteiger partial charge >= 0.3 is 6.03 Å². The van der Waals surface area contributed by atoms with Crippen molar-refractivity contribution in [2.45, 2.75) is 79.0 Å². The molecule has 0 spiro atoms. The maximum atomic E-state index is 15.8. The van der Waals surface area contributed by atoms with Gasteiger partial charge in [-0.15, -0.1) is 0 Å². The standard InChI is InChI=1S/C42H49FN6O5/c1-9-10-28-19-31(41(5,6)30-11-14-34(15-12-30)53-23-33-17-18-46-39(45-8)48-33)20-29(22-44)38(28)54-25-42(7,43)24-47-40(52)49-32-13-16-35(37(51)26(2)3)36(21-32)27(4)50/h11-21,26H,9-10,23-25H2,1-8H3,(H,45,46,48)(H2,47,49,52). The van der Waals surface area contributed by atoms with Crippen molar-refractivity contribution in [3.05, 3.63) is 106 Å². The number of nitriles is 1. The Morgan fingerprint density at radius 2 is 1.69 bits per heavy atom. The highest BCUT2D eigenvalue weighted by molar-refractivity contribution is 6.09. The zero-order valence-electron chi connectivity index (χ0n) is 32.2. The quantitative estimate of drug-likeness (QED) is 0.0910. The number of nitrogens with one attached hydrogen (secondary N) is 3. The van der Waals surface area contributed by atoms with Gasteiger partial charge in [0.25, 0.3) is 0 Å². The molecule has 11 nitrogen and oxygen atoms in total. The van der Waals surface area contributed by atoms with E-state index in [-0.39, 0.29) is 46.5 Å². The third-order valence-electron chi connectivity index (χ3n) is 9.01. The van der Waals surface area contributed by atoms with Crippen molar-refractivity contribution in [3.63, 3.8) is 0 Å². The minimum atomic E-state index is -2.00. The number of rotatable bonds is 17. The second-order valence-electron chi connectivity index (χ2n) is 14.3. The van der Waals surface area contributed by atoms with E-state index in [1.165, 1.54) is 32.0 Å². The smallest absolute Gasteiger partial charge is 0.319 e. The molecule has 3 aromatic carbocycles. The van der Waals surface area contributed by atoms with Crippen molar-refractivity contribution in [1.29, 1.82) is 5.26 Å². The van der Waals surface area contributed by atoms with Crippen molar-refractivity contribution in [3.8, 4) is 17.6 Å². The highest BCUT2D eigenvalue weighted by Crippen LogP contribution is 2.38. The number of hydrogen-bond donors (Lipinski definition) is 3. The minimum Gasteiger partial charge on any atom is -0.489 e. The second-order valence-corrected chi connectivity index (χ2v) is 14.3. The van der Waals surface area contributed by atoms with Crippen molar-refractivity contribution in [1.82, 2.24) is 15.3 Å². The van der Waals surface area contributed by atoms with Gasteiger partial charge in [-0.05, 0) is 79.4 Å². The number of ether oxygens (including phenoxy) is 2. The molecule has 2 amide bonds. The van der Waals surface area contributed by atoms with E-state index in [0.29, 0.717) is 23.9 Å². The van der Waals surface area contributed by atoms with Crippen LogP contribution in [-0.2, 0) is 18.4 Å². The molecule has 12 heteroatoms. The number of anilines is 2. The number of benzene rings is 3. The Hall–Kier alpha value is -5.83. The molecule has 0 aliphatic heterocycles. The number of carbonyl (C=O) groups is 3. The molecule has 0 radical (unpaired) electrons. The molecular formula is C42H49FN6O5. The third kappa shape index (κ3) is 10.4. The Bertz CT molecular complexity index is 2020. The van der Waals surface area contributed by atoms with Crippen LogP contribution in [0.15, 0.2) is 66.9 Å². The first-order valence-electron chi connectivity index (χ1n) is 17.9. The number of ketones is 2. The number of carbonyl (C=O) groups excluding carboxylic acids is 3. The first kappa shape index (κ1) is 40.9. The zero-order valence-corrected chi connectivity index (χ0v) is 32.2. The van der Waals surface area contributed by atoms with Crippen LogP contribution in [-0.4, -0.2) is 53.4 Å². The molecular weight excluding hydrogens is 687 g/mol. The van der Waals surface area contributed by atoms with Gasteiger partial charge in [-0.25, -0.2) is 19.2 Å². The summed E-state index contributed by atoms with van der Waals surface area (Å²) < 4.78 is 27.7. The number of aromatic nitrogens is 2. The van der Waals surface area contributed by atoms with Crippen LogP contribution in [0.3, 0.4) is 0 Å². The first-order valence-corrected chi connectivity index (χ1v) is 17.9. The monoisotopic (exact) mass is 736 g/mol. The average Bonchev–Trinajstić information content (AvgIpc) is 3.15. The molecule has 3 N–H and O–H groups in total. The SMILES string of the molecule is CCCc1cc(C(C)(C)c2ccc(OCc3ccnc(NC)n3)cc2)cc(C#N)c1OCC(C)(F)CNC(=O)Nc1ccc(C(=O)C(C)C)c(C(C)=O)c1. The number of aryl methyl sites for hydroxylation is 1. The fourth-order valence-corrected chi connectivity index (χ4v) is 5.80. The number of urea groups is 1. The summed E-state index contributed by atoms with van der Waals surface area (Å²) in [4.78, 5) is 46.0. The van der Waals surface area contributed by atoms with Crippen LogP contribution < -0.4 is 25.4 Å². The average molecular weight is 737 g/mol. The molecule has 0 aliphatic rings. The lowest BCUT2D eigenvalue weighted by Gasteiger charge is -2.29. The van der Waals surface area contributed by atoms with Crippen LogP contribution in [0.5, 0.6) is 11.5 Å². The lowest BCUT2D eigenvalue weighted by Crippen LogP contribution is -2.43. The van der Waals surface area contributed by atoms with E-state index >= 15 is 4.39 Å². The van der Waals surface area contributed by atoms with E-state index in [0.717, 1.165) is 28.8 Å². The Balaban J connectivity index is 1.43. The lowest BCUT2D eigenvalue weighted by molar-refractivity contribution is 0.0927. The first-order chi connectivity index (χ1) is 25.6. The molecule has 1 atom stereocenters. The molecule has 54 heavy (non-hydrogen) atoms. The zero-order chi connectivity index (χ0) is 39.6. The van der Waals surface area contributed by atoms with Gasteiger partial charge in [-0.3, -0.25) is 9.59 Å². The molecule has 4 rings (SSSR count). The van der Waals surface area contributed by atoms with Gasteiger partial charge in [-0.1, -0.05) is 59.2 Å². The third-order valence-corrected chi connectivity index (χ3v) is 9.01. The maximum Gasteiger partial charge on any atom is 0.319 e. The number of alkyl halides is 1. The van der Waals surface area contributed by atoms with Crippen LogP contribution in [0, 0.1) is 17.2 Å². The van der Waals surface area contributed by atoms with Crippen molar-refractivity contribution < 1.29 is 28.2 Å². The van der Waals surface area contributed by atoms with E-state index < -0.39 is 30.3 Å². The van der Waals surface area contributed by atoms with Crippen molar-refractivity contribution >= 4 is 29.2 Å². The Kier molecular flexibility index (Phi) is 13.5. The van der Waals surface area contributed by atoms with E-state index in [2.05, 4.69) is 45.8 Å². The lowest BCUT2D eigenvalue weighted by atomic mass is 9.76. The van der Waals surface area contributed by atoms with Crippen molar-refractivity contribution in [2.75, 3.05) is 30.8 Å². The Morgan fingerprint density at radius 3 is 2.31 bits per heavy atom. The largest absolute Gasteiger partial charge is 0.489 e. The summed E-state index contributed by atoms with van der Waals surface area (Å²) in [6.07, 6.45) is 3.05. The molecule has 0 saturated heterocycles. The normalized spacial score (nSPS) is 12.3. The van der Waals surface area contributed by atoms with Gasteiger partial charge in [0.15, 0.2) is 17.2 Å². The van der Waals surface area contributed by atoms with Gasteiger partial charge in [-0.2, -0.15) is 5.26 Å². The van der Waals surface area contributed by atoms with Gasteiger partial charge < -0.3 is 25.4 Å². The molecule has 0 fully saturated rings. The predicted molar refractivity (Wildman–Crippen MR) is 207 cm³/mol. The second kappa shape index (κ2) is 17.8. The molecule has 1 heterocycles. The van der Waals surface area contributed by atoms with E-state index in [9.17, 15) is 19.6 Å². The highest BCUT2D eigenvalue weighted by atomic mass is 19.1. The molecule has 0 bridgehead atoms. The Labute approximate surface area is 316 Å². The number of hydrogen-bond acceptors (Lipinski definition) is 9. The predicted octanol–water partition coefficient (Wildman–Crippen LogP) is 8.22. The molecule has 0 saturated carbocycles. The molecule has 4 aromatic rings. The molecule has 1 unspecified atom stereocenters. The number of amides is 2. The van der Waals surface area contributed by atoms with E-state index in [1.807, 2.05) is 37.3 Å². The fraction of sp³-hybridized carbons (Fsp3) is 0.381. The van der Waals surface area contributed by atoms with E-state index in [4.69, 9.17) is 9.47 Å². The summed E-state index contributed by atoms with van der Waals surface area (Å²) >= 11 is 0. The fourth-order valence-electron chi connectivity index (χ4n) is 5.80. The minimum absolute atomic E-state index is 0.180. The van der Waals surface area contributed by atoms with E-state index in [1.54, 1.807) is 39.2 Å². The van der Waals surface area contributed by atoms with Crippen LogP contribution >= 0.6 is 0 Å². The molecule has 0 aliphatic carbocycles. The van der Waals surface area contributed by atoms with Gasteiger partial charge in [0.05, 0.1) is 17.8 Å². The topological polar surface area (TPSA) is 155 Å². The van der Waals surface area contributed by atoms with Crippen molar-refractivity contribution in [2.24, 2.45) is 5.92 Å². The summed E-state index contributed by atoms with van der Waals surface area (Å²) in [6.45, 7) is 11.8. The number of halogens is 1. The Morgan fingerprint density at radius 1 is 0.963 bits per heavy atom. The van der Waals surface area contributed by atoms with Crippen LogP contribution in [0.1, 0.15) is 104 Å². The highest BCUT2D eigenvalue weighted by Gasteiger charge is 2.29. The van der Waals surface area contributed by atoms with Crippen LogP contribution in [0.25, 0.3) is 0 Å². The van der Waals surface area contributed by atoms with Gasteiger partial charge in [0, 0.05) is 41.4 Å². The summed E-state index contributed by atoms with van der Waals surface area (Å²) in [6, 6.07) is 19.4. The van der Waals surface area contributed by atoms with Gasteiger partial charge in [0.1, 0.15) is 30.8 Å². The molecule has 1 aromatic heterocycles. The summed E-state index contributed by atoms with van der Waals surface area (Å²) in [7, 11) is 1.76.